The molecule has 0 aliphatic heterocycles. The second-order valence-corrected chi connectivity index (χ2v) is 5.88. The van der Waals surface area contributed by atoms with E-state index in [2.05, 4.69) is 34.6 Å². The first-order chi connectivity index (χ1) is 11.5. The number of hydrogen-bond donors (Lipinski definition) is 2. The van der Waals surface area contributed by atoms with E-state index in [9.17, 15) is 4.79 Å². The van der Waals surface area contributed by atoms with E-state index in [1.807, 2.05) is 25.1 Å². The molecule has 0 atom stereocenters. The van der Waals surface area contributed by atoms with Crippen LogP contribution in [0.1, 0.15) is 38.0 Å². The van der Waals surface area contributed by atoms with Gasteiger partial charge < -0.3 is 14.6 Å². The molecular weight excluding hydrogens is 308 g/mol. The van der Waals surface area contributed by atoms with Gasteiger partial charge in [0.05, 0.1) is 13.2 Å². The summed E-state index contributed by atoms with van der Waals surface area (Å²) in [5, 5.41) is 9.94. The van der Waals surface area contributed by atoms with Crippen molar-refractivity contribution < 1.29 is 14.1 Å². The second-order valence-electron chi connectivity index (χ2n) is 5.88. The Morgan fingerprint density at radius 1 is 1.33 bits per heavy atom. The van der Waals surface area contributed by atoms with E-state index in [0.29, 0.717) is 30.6 Å². The summed E-state index contributed by atoms with van der Waals surface area (Å²) in [7, 11) is 0. The van der Waals surface area contributed by atoms with Crippen LogP contribution in [0.5, 0.6) is 0 Å². The summed E-state index contributed by atoms with van der Waals surface area (Å²) in [4.78, 5) is 15.9. The maximum absolute atomic E-state index is 11.6. The van der Waals surface area contributed by atoms with Crippen LogP contribution in [0.25, 0.3) is 0 Å². The fraction of sp³-hybridized carbons (Fsp3) is 0.471. The fourth-order valence-electron chi connectivity index (χ4n) is 2.22. The Hall–Kier alpha value is -2.57. The summed E-state index contributed by atoms with van der Waals surface area (Å²) in [6, 6.07) is 5.61. The maximum atomic E-state index is 11.6. The van der Waals surface area contributed by atoms with Gasteiger partial charge in [0.2, 0.25) is 5.89 Å². The molecule has 2 N–H and O–H groups in total. The molecule has 7 heteroatoms. The Morgan fingerprint density at radius 2 is 2.08 bits per heavy atom. The zero-order valence-electron chi connectivity index (χ0n) is 14.5. The Balaban J connectivity index is 1.99. The number of nitrogens with one attached hydrogen (secondary N) is 2. The van der Waals surface area contributed by atoms with Crippen molar-refractivity contribution >= 4 is 17.5 Å². The molecule has 1 aromatic heterocycles. The van der Waals surface area contributed by atoms with E-state index in [1.54, 1.807) is 6.92 Å². The molecule has 1 amide bonds. The Morgan fingerprint density at radius 3 is 2.79 bits per heavy atom. The molecule has 0 aliphatic rings. The van der Waals surface area contributed by atoms with Gasteiger partial charge in [0.1, 0.15) is 0 Å². The molecule has 0 aliphatic carbocycles. The highest BCUT2D eigenvalue weighted by molar-refractivity contribution is 5.87. The Bertz CT molecular complexity index is 682. The number of aromatic nitrogens is 2. The molecule has 0 saturated heterocycles. The minimum Gasteiger partial charge on any atom is -0.450 e. The van der Waals surface area contributed by atoms with Crippen LogP contribution in [0.4, 0.5) is 16.2 Å². The van der Waals surface area contributed by atoms with E-state index in [4.69, 9.17) is 9.26 Å². The lowest BCUT2D eigenvalue weighted by Crippen LogP contribution is -2.14. The third kappa shape index (κ3) is 4.97. The summed E-state index contributed by atoms with van der Waals surface area (Å²) in [5.74, 6) is 1.74. The minimum atomic E-state index is -0.465. The van der Waals surface area contributed by atoms with Crippen LogP contribution >= 0.6 is 0 Å². The van der Waals surface area contributed by atoms with Crippen molar-refractivity contribution in [2.75, 3.05) is 17.2 Å². The van der Waals surface area contributed by atoms with Gasteiger partial charge >= 0.3 is 6.09 Å². The van der Waals surface area contributed by atoms with Crippen molar-refractivity contribution in [1.82, 2.24) is 10.1 Å². The van der Waals surface area contributed by atoms with E-state index in [-0.39, 0.29) is 0 Å². The van der Waals surface area contributed by atoms with E-state index in [1.165, 1.54) is 0 Å². The number of carbonyl (C=O) groups is 1. The minimum absolute atomic E-state index is 0.332. The van der Waals surface area contributed by atoms with Gasteiger partial charge in [-0.05, 0) is 37.5 Å². The summed E-state index contributed by atoms with van der Waals surface area (Å²) >= 11 is 0. The van der Waals surface area contributed by atoms with Crippen LogP contribution < -0.4 is 10.6 Å². The van der Waals surface area contributed by atoms with Crippen LogP contribution in [-0.2, 0) is 17.7 Å². The van der Waals surface area contributed by atoms with Crippen LogP contribution in [-0.4, -0.2) is 22.8 Å². The van der Waals surface area contributed by atoms with Gasteiger partial charge in [-0.2, -0.15) is 4.98 Å². The Labute approximate surface area is 141 Å². The van der Waals surface area contributed by atoms with Crippen molar-refractivity contribution in [3.63, 3.8) is 0 Å². The zero-order chi connectivity index (χ0) is 17.5. The molecule has 1 heterocycles. The molecular formula is C17H24N4O3. The number of nitrogens with zero attached hydrogens (tertiary/aromatic N) is 2. The molecule has 2 aromatic rings. The number of hydrogen-bond acceptors (Lipinski definition) is 6. The zero-order valence-corrected chi connectivity index (χ0v) is 14.5. The molecule has 130 valence electrons. The van der Waals surface area contributed by atoms with Gasteiger partial charge in [0.25, 0.3) is 0 Å². The first-order valence-electron chi connectivity index (χ1n) is 8.08. The standard InChI is InChI=1S/C17H24N4O3/c1-5-23-17(22)19-14-8-6-7-13(12(14)4)18-10-16-20-15(21-24-16)9-11(2)3/h6-8,11,18H,5,9-10H2,1-4H3,(H,19,22). The van der Waals surface area contributed by atoms with Gasteiger partial charge in [-0.15, -0.1) is 0 Å². The largest absolute Gasteiger partial charge is 0.450 e. The number of ether oxygens (including phenoxy) is 1. The average molecular weight is 332 g/mol. The van der Waals surface area contributed by atoms with E-state index < -0.39 is 6.09 Å². The van der Waals surface area contributed by atoms with Crippen LogP contribution in [0, 0.1) is 12.8 Å². The number of carbonyl (C=O) groups excluding carboxylic acids is 1. The highest BCUT2D eigenvalue weighted by atomic mass is 16.5. The van der Waals surface area contributed by atoms with Gasteiger partial charge in [0.15, 0.2) is 5.82 Å². The number of anilines is 2. The topological polar surface area (TPSA) is 89.3 Å². The van der Waals surface area contributed by atoms with Gasteiger partial charge in [-0.1, -0.05) is 25.1 Å². The summed E-state index contributed by atoms with van der Waals surface area (Å²) in [6.07, 6.45) is 0.328. The molecule has 0 saturated carbocycles. The summed E-state index contributed by atoms with van der Waals surface area (Å²) < 4.78 is 10.1. The molecule has 2 rings (SSSR count). The first-order valence-corrected chi connectivity index (χ1v) is 8.08. The van der Waals surface area contributed by atoms with Crippen LogP contribution in [0.2, 0.25) is 0 Å². The van der Waals surface area contributed by atoms with Gasteiger partial charge in [-0.25, -0.2) is 4.79 Å². The molecule has 0 radical (unpaired) electrons. The molecule has 0 spiro atoms. The second kappa shape index (κ2) is 8.33. The smallest absolute Gasteiger partial charge is 0.411 e. The lowest BCUT2D eigenvalue weighted by Gasteiger charge is -2.13. The number of rotatable bonds is 7. The third-order valence-corrected chi connectivity index (χ3v) is 3.38. The van der Waals surface area contributed by atoms with Gasteiger partial charge in [-0.3, -0.25) is 5.32 Å². The van der Waals surface area contributed by atoms with E-state index >= 15 is 0 Å². The maximum Gasteiger partial charge on any atom is 0.411 e. The van der Waals surface area contributed by atoms with Crippen LogP contribution in [0.15, 0.2) is 22.7 Å². The fourth-order valence-corrected chi connectivity index (χ4v) is 2.22. The predicted octanol–water partition coefficient (Wildman–Crippen LogP) is 3.76. The molecule has 7 nitrogen and oxygen atoms in total. The van der Waals surface area contributed by atoms with Crippen molar-refractivity contribution in [1.29, 1.82) is 0 Å². The van der Waals surface area contributed by atoms with Crippen molar-refractivity contribution in [3.8, 4) is 0 Å². The van der Waals surface area contributed by atoms with Crippen molar-refractivity contribution in [3.05, 3.63) is 35.5 Å². The van der Waals surface area contributed by atoms with Crippen LogP contribution in [0.3, 0.4) is 0 Å². The lowest BCUT2D eigenvalue weighted by molar-refractivity contribution is 0.168. The molecule has 0 unspecified atom stereocenters. The molecule has 24 heavy (non-hydrogen) atoms. The van der Waals surface area contributed by atoms with E-state index in [0.717, 1.165) is 23.5 Å². The molecule has 0 bridgehead atoms. The molecule has 0 fully saturated rings. The lowest BCUT2D eigenvalue weighted by atomic mass is 10.1. The predicted molar refractivity (Wildman–Crippen MR) is 92.0 cm³/mol. The number of benzene rings is 1. The third-order valence-electron chi connectivity index (χ3n) is 3.38. The van der Waals surface area contributed by atoms with Crippen molar-refractivity contribution in [2.45, 2.75) is 40.7 Å². The normalized spacial score (nSPS) is 10.7. The quantitative estimate of drug-likeness (QED) is 0.802. The van der Waals surface area contributed by atoms with Crippen molar-refractivity contribution in [2.24, 2.45) is 5.92 Å². The highest BCUT2D eigenvalue weighted by Gasteiger charge is 2.10. The Kier molecular flexibility index (Phi) is 6.17. The van der Waals surface area contributed by atoms with Gasteiger partial charge in [0, 0.05) is 17.8 Å². The SMILES string of the molecule is CCOC(=O)Nc1cccc(NCc2nc(CC(C)C)no2)c1C. The first kappa shape index (κ1) is 17.8. The average Bonchev–Trinajstić information content (AvgIpc) is 2.95. The summed E-state index contributed by atoms with van der Waals surface area (Å²) in [6.45, 7) is 8.66. The number of amides is 1. The monoisotopic (exact) mass is 332 g/mol. The molecule has 1 aromatic carbocycles. The highest BCUT2D eigenvalue weighted by Crippen LogP contribution is 2.24. The summed E-state index contributed by atoms with van der Waals surface area (Å²) in [5.41, 5.74) is 2.49.